The summed E-state index contributed by atoms with van der Waals surface area (Å²) in [5.74, 6) is 0. The maximum absolute atomic E-state index is 6.14. The zero-order valence-corrected chi connectivity index (χ0v) is 10.2. The minimum Gasteiger partial charge on any atom is -0.322 e. The third-order valence-corrected chi connectivity index (χ3v) is 2.91. The van der Waals surface area contributed by atoms with E-state index in [1.165, 1.54) is 16.7 Å². The number of hydrogen-bond donors (Lipinski definition) is 1. The SMILES string of the molecule is Cc1ccc(C)c(CC(N)c2cnccn2)c1. The van der Waals surface area contributed by atoms with E-state index in [-0.39, 0.29) is 6.04 Å². The molecule has 0 saturated carbocycles. The number of nitrogens with two attached hydrogens (primary N) is 1. The van der Waals surface area contributed by atoms with Gasteiger partial charge >= 0.3 is 0 Å². The molecule has 88 valence electrons. The Kier molecular flexibility index (Phi) is 3.49. The van der Waals surface area contributed by atoms with E-state index in [9.17, 15) is 0 Å². The summed E-state index contributed by atoms with van der Waals surface area (Å²) in [7, 11) is 0. The summed E-state index contributed by atoms with van der Waals surface area (Å²) in [4.78, 5) is 8.28. The Morgan fingerprint density at radius 1 is 1.24 bits per heavy atom. The standard InChI is InChI=1S/C14H17N3/c1-10-3-4-11(2)12(7-10)8-13(15)14-9-16-5-6-17-14/h3-7,9,13H,8,15H2,1-2H3. The van der Waals surface area contributed by atoms with E-state index >= 15 is 0 Å². The number of nitrogens with zero attached hydrogens (tertiary/aromatic N) is 2. The molecule has 1 heterocycles. The summed E-state index contributed by atoms with van der Waals surface area (Å²) in [5.41, 5.74) is 10.8. The molecule has 0 aliphatic carbocycles. The molecule has 1 aromatic heterocycles. The first-order valence-electron chi connectivity index (χ1n) is 5.74. The zero-order chi connectivity index (χ0) is 12.3. The van der Waals surface area contributed by atoms with Crippen LogP contribution in [-0.4, -0.2) is 9.97 Å². The lowest BCUT2D eigenvalue weighted by atomic mass is 9.98. The van der Waals surface area contributed by atoms with E-state index in [2.05, 4.69) is 42.0 Å². The van der Waals surface area contributed by atoms with Crippen molar-refractivity contribution >= 4 is 0 Å². The maximum Gasteiger partial charge on any atom is 0.0757 e. The molecule has 0 aliphatic heterocycles. The quantitative estimate of drug-likeness (QED) is 0.875. The molecule has 17 heavy (non-hydrogen) atoms. The van der Waals surface area contributed by atoms with Crippen molar-refractivity contribution in [1.82, 2.24) is 9.97 Å². The predicted molar refractivity (Wildman–Crippen MR) is 68.6 cm³/mol. The van der Waals surface area contributed by atoms with Crippen molar-refractivity contribution in [2.75, 3.05) is 0 Å². The van der Waals surface area contributed by atoms with Crippen LogP contribution in [0.5, 0.6) is 0 Å². The summed E-state index contributed by atoms with van der Waals surface area (Å²) >= 11 is 0. The largest absolute Gasteiger partial charge is 0.322 e. The lowest BCUT2D eigenvalue weighted by molar-refractivity contribution is 0.688. The molecule has 2 rings (SSSR count). The predicted octanol–water partition coefficient (Wildman–Crippen LogP) is 2.34. The van der Waals surface area contributed by atoms with Crippen molar-refractivity contribution in [3.05, 3.63) is 59.2 Å². The van der Waals surface area contributed by atoms with Crippen LogP contribution in [0.4, 0.5) is 0 Å². The topological polar surface area (TPSA) is 51.8 Å². The molecule has 0 saturated heterocycles. The van der Waals surface area contributed by atoms with Crippen LogP contribution in [0.25, 0.3) is 0 Å². The van der Waals surface area contributed by atoms with Crippen molar-refractivity contribution < 1.29 is 0 Å². The smallest absolute Gasteiger partial charge is 0.0757 e. The minimum atomic E-state index is -0.0933. The average Bonchev–Trinajstić information content (AvgIpc) is 2.35. The molecule has 0 aliphatic rings. The highest BCUT2D eigenvalue weighted by atomic mass is 14.8. The molecule has 1 aromatic carbocycles. The molecule has 0 radical (unpaired) electrons. The number of aryl methyl sites for hydroxylation is 2. The number of aromatic nitrogens is 2. The number of benzene rings is 1. The van der Waals surface area contributed by atoms with Gasteiger partial charge in [-0.2, -0.15) is 0 Å². The first kappa shape index (κ1) is 11.7. The van der Waals surface area contributed by atoms with E-state index in [0.29, 0.717) is 0 Å². The Morgan fingerprint density at radius 3 is 2.76 bits per heavy atom. The van der Waals surface area contributed by atoms with Gasteiger partial charge in [0.1, 0.15) is 0 Å². The van der Waals surface area contributed by atoms with E-state index < -0.39 is 0 Å². The van der Waals surface area contributed by atoms with Crippen molar-refractivity contribution in [3.8, 4) is 0 Å². The molecule has 2 N–H and O–H groups in total. The highest BCUT2D eigenvalue weighted by Gasteiger charge is 2.10. The van der Waals surface area contributed by atoms with Crippen molar-refractivity contribution in [1.29, 1.82) is 0 Å². The minimum absolute atomic E-state index is 0.0933. The van der Waals surface area contributed by atoms with Crippen LogP contribution in [-0.2, 0) is 6.42 Å². The second kappa shape index (κ2) is 5.06. The number of rotatable bonds is 3. The highest BCUT2D eigenvalue weighted by molar-refractivity contribution is 5.31. The summed E-state index contributed by atoms with van der Waals surface area (Å²) in [5, 5.41) is 0. The van der Waals surface area contributed by atoms with Crippen LogP contribution in [0.2, 0.25) is 0 Å². The van der Waals surface area contributed by atoms with E-state index in [4.69, 9.17) is 5.73 Å². The van der Waals surface area contributed by atoms with Gasteiger partial charge in [-0.1, -0.05) is 23.8 Å². The number of hydrogen-bond acceptors (Lipinski definition) is 3. The Bertz CT molecular complexity index is 494. The Morgan fingerprint density at radius 2 is 2.06 bits per heavy atom. The Hall–Kier alpha value is -1.74. The van der Waals surface area contributed by atoms with Gasteiger partial charge in [0, 0.05) is 18.6 Å². The van der Waals surface area contributed by atoms with Crippen molar-refractivity contribution in [2.45, 2.75) is 26.3 Å². The lowest BCUT2D eigenvalue weighted by Crippen LogP contribution is -2.15. The van der Waals surface area contributed by atoms with E-state index in [1.54, 1.807) is 18.6 Å². The van der Waals surface area contributed by atoms with Gasteiger partial charge in [-0.15, -0.1) is 0 Å². The fourth-order valence-electron chi connectivity index (χ4n) is 1.86. The van der Waals surface area contributed by atoms with Gasteiger partial charge in [0.2, 0.25) is 0 Å². The molecular formula is C14H17N3. The van der Waals surface area contributed by atoms with Crippen LogP contribution >= 0.6 is 0 Å². The zero-order valence-electron chi connectivity index (χ0n) is 10.2. The van der Waals surface area contributed by atoms with Crippen LogP contribution in [0.3, 0.4) is 0 Å². The molecule has 1 atom stereocenters. The van der Waals surface area contributed by atoms with Crippen LogP contribution in [0.1, 0.15) is 28.4 Å². The summed E-state index contributed by atoms with van der Waals surface area (Å²) < 4.78 is 0. The molecule has 3 heteroatoms. The van der Waals surface area contributed by atoms with Gasteiger partial charge in [-0.3, -0.25) is 9.97 Å². The van der Waals surface area contributed by atoms with Crippen LogP contribution in [0.15, 0.2) is 36.8 Å². The second-order valence-electron chi connectivity index (χ2n) is 4.37. The third kappa shape index (κ3) is 2.88. The van der Waals surface area contributed by atoms with Gasteiger partial charge in [-0.05, 0) is 31.4 Å². The summed E-state index contributed by atoms with van der Waals surface area (Å²) in [6.07, 6.45) is 5.87. The first-order valence-corrected chi connectivity index (χ1v) is 5.74. The maximum atomic E-state index is 6.14. The third-order valence-electron chi connectivity index (χ3n) is 2.91. The molecule has 2 aromatic rings. The van der Waals surface area contributed by atoms with Gasteiger partial charge in [-0.25, -0.2) is 0 Å². The lowest BCUT2D eigenvalue weighted by Gasteiger charge is -2.13. The first-order chi connectivity index (χ1) is 8.16. The van der Waals surface area contributed by atoms with Crippen molar-refractivity contribution in [2.24, 2.45) is 5.73 Å². The van der Waals surface area contributed by atoms with E-state index in [0.717, 1.165) is 12.1 Å². The molecular weight excluding hydrogens is 210 g/mol. The van der Waals surface area contributed by atoms with Gasteiger partial charge in [0.15, 0.2) is 0 Å². The summed E-state index contributed by atoms with van der Waals surface area (Å²) in [6.45, 7) is 4.20. The fraction of sp³-hybridized carbons (Fsp3) is 0.286. The Labute approximate surface area is 102 Å². The molecule has 0 bridgehead atoms. The monoisotopic (exact) mass is 227 g/mol. The van der Waals surface area contributed by atoms with Crippen LogP contribution in [0, 0.1) is 13.8 Å². The normalized spacial score (nSPS) is 12.4. The molecule has 0 fully saturated rings. The Balaban J connectivity index is 2.18. The van der Waals surface area contributed by atoms with Gasteiger partial charge in [0.05, 0.1) is 11.7 Å². The molecule has 3 nitrogen and oxygen atoms in total. The molecule has 1 unspecified atom stereocenters. The van der Waals surface area contributed by atoms with E-state index in [1.807, 2.05) is 0 Å². The van der Waals surface area contributed by atoms with Crippen LogP contribution < -0.4 is 5.73 Å². The molecule has 0 amide bonds. The fourth-order valence-corrected chi connectivity index (χ4v) is 1.86. The van der Waals surface area contributed by atoms with Gasteiger partial charge < -0.3 is 5.73 Å². The average molecular weight is 227 g/mol. The summed E-state index contributed by atoms with van der Waals surface area (Å²) in [6, 6.07) is 6.34. The van der Waals surface area contributed by atoms with Crippen molar-refractivity contribution in [3.63, 3.8) is 0 Å². The highest BCUT2D eigenvalue weighted by Crippen LogP contribution is 2.17. The second-order valence-corrected chi connectivity index (χ2v) is 4.37. The van der Waals surface area contributed by atoms with Gasteiger partial charge in [0.25, 0.3) is 0 Å². The molecule has 0 spiro atoms.